The molecule has 142 valence electrons. The molecule has 5 nitrogen and oxygen atoms in total. The van der Waals surface area contributed by atoms with Crippen molar-refractivity contribution in [3.63, 3.8) is 0 Å². The Labute approximate surface area is 166 Å². The van der Waals surface area contributed by atoms with E-state index in [1.165, 1.54) is 10.8 Å². The first-order valence-electron chi connectivity index (χ1n) is 7.95. The molecule has 27 heavy (non-hydrogen) atoms. The third kappa shape index (κ3) is 5.46. The van der Waals surface area contributed by atoms with Gasteiger partial charge in [0, 0.05) is 30.8 Å². The van der Waals surface area contributed by atoms with Crippen LogP contribution in [0.15, 0.2) is 72.9 Å². The molecule has 0 aliphatic carbocycles. The summed E-state index contributed by atoms with van der Waals surface area (Å²) >= 11 is 0. The molecule has 2 aromatic carbocycles. The molecule has 1 unspecified atom stereocenters. The molecule has 1 aliphatic heterocycles. The van der Waals surface area contributed by atoms with E-state index in [9.17, 15) is 14.0 Å². The van der Waals surface area contributed by atoms with E-state index in [4.69, 9.17) is 3.74 Å². The third-order valence-electron chi connectivity index (χ3n) is 3.54. The first kappa shape index (κ1) is 20.2. The molecule has 0 aromatic heterocycles. The van der Waals surface area contributed by atoms with Crippen LogP contribution in [0.4, 0.5) is 0 Å². The summed E-state index contributed by atoms with van der Waals surface area (Å²) in [4.78, 5) is 3.39. The second-order valence-corrected chi connectivity index (χ2v) is 10.1. The van der Waals surface area contributed by atoms with Gasteiger partial charge in [0.05, 0.1) is 15.1 Å². The van der Waals surface area contributed by atoms with Crippen LogP contribution >= 0.6 is 20.6 Å². The van der Waals surface area contributed by atoms with Gasteiger partial charge in [-0.1, -0.05) is 60.7 Å². The molecule has 1 heterocycles. The molecule has 0 amide bonds. The van der Waals surface area contributed by atoms with Crippen molar-refractivity contribution in [3.8, 4) is 0 Å². The number of allylic oxidation sites excluding steroid dienone is 2. The molecule has 3 rings (SSSR count). The van der Waals surface area contributed by atoms with Crippen LogP contribution in [0, 0.1) is 10.2 Å². The molecule has 0 spiro atoms. The Morgan fingerprint density at radius 1 is 1.00 bits per heavy atom. The van der Waals surface area contributed by atoms with Crippen LogP contribution in [0.3, 0.4) is 0 Å². The highest BCUT2D eigenvalue weighted by Gasteiger charge is 2.32. The van der Waals surface area contributed by atoms with Crippen LogP contribution in [0.5, 0.6) is 0 Å². The van der Waals surface area contributed by atoms with E-state index >= 15 is 0 Å². The minimum absolute atomic E-state index is 0.658. The lowest BCUT2D eigenvalue weighted by molar-refractivity contribution is -1.91. The quantitative estimate of drug-likeness (QED) is 0.398. The van der Waals surface area contributed by atoms with Gasteiger partial charge in [0.25, 0.3) is 0 Å². The Kier molecular flexibility index (Phi) is 6.44. The van der Waals surface area contributed by atoms with Crippen LogP contribution in [0.25, 0.3) is 10.5 Å². The van der Waals surface area contributed by atoms with Crippen molar-refractivity contribution in [2.75, 3.05) is 14.1 Å². The molecule has 2 aromatic rings. The number of hydrogen-bond donors (Lipinski definition) is 0. The van der Waals surface area contributed by atoms with Gasteiger partial charge < -0.3 is 4.90 Å². The lowest BCUT2D eigenvalue weighted by Crippen LogP contribution is -2.60. The van der Waals surface area contributed by atoms with Crippen LogP contribution in [0.2, 0.25) is 0 Å². The molecule has 0 N–H and O–H groups in total. The Balaban J connectivity index is 2.11. The van der Waals surface area contributed by atoms with Crippen LogP contribution in [-0.4, -0.2) is 23.9 Å². The van der Waals surface area contributed by atoms with Crippen molar-refractivity contribution in [1.29, 1.82) is 0 Å². The molecule has 0 fully saturated rings. The summed E-state index contributed by atoms with van der Waals surface area (Å²) in [5, 5.41) is 0. The molecule has 0 saturated heterocycles. The summed E-state index contributed by atoms with van der Waals surface area (Å²) in [6.45, 7) is 0. The molecular weight excluding hydrogens is 406 g/mol. The van der Waals surface area contributed by atoms with Crippen LogP contribution < -0.4 is 14.0 Å². The van der Waals surface area contributed by atoms with Gasteiger partial charge in [-0.25, -0.2) is 0 Å². The van der Waals surface area contributed by atoms with E-state index in [0.717, 1.165) is 21.6 Å². The van der Waals surface area contributed by atoms with Crippen molar-refractivity contribution in [2.45, 2.75) is 0 Å². The van der Waals surface area contributed by atoms with E-state index in [1.807, 2.05) is 91.9 Å². The SMILES string of the molecule is CN(C)/C=C(/C1=S(O[Cl+3]([O-])([O-])[O-])SC(c2ccccc2)=C1)c1ccccc1. The number of rotatable bonds is 6. The summed E-state index contributed by atoms with van der Waals surface area (Å²) in [5.74, 6) is 0. The fraction of sp³-hybridized carbons (Fsp3) is 0.105. The minimum atomic E-state index is -4.55. The second-order valence-electron chi connectivity index (χ2n) is 5.87. The van der Waals surface area contributed by atoms with Gasteiger partial charge in [-0.3, -0.25) is 0 Å². The van der Waals surface area contributed by atoms with E-state index < -0.39 is 20.0 Å². The smallest absolute Gasteiger partial charge is 0.180 e. The number of benzene rings is 2. The Bertz CT molecular complexity index is 891. The van der Waals surface area contributed by atoms with Gasteiger partial charge in [0.15, 0.2) is 9.80 Å². The monoisotopic (exact) mass is 423 g/mol. The predicted octanol–water partition coefficient (Wildman–Crippen LogP) is 1.56. The molecule has 1 atom stereocenters. The van der Waals surface area contributed by atoms with E-state index in [0.29, 0.717) is 4.86 Å². The van der Waals surface area contributed by atoms with Crippen molar-refractivity contribution in [2.24, 2.45) is 0 Å². The van der Waals surface area contributed by atoms with E-state index in [2.05, 4.69) is 0 Å². The molecule has 0 radical (unpaired) electrons. The fourth-order valence-electron chi connectivity index (χ4n) is 2.49. The Morgan fingerprint density at radius 3 is 2.15 bits per heavy atom. The van der Waals surface area contributed by atoms with Crippen molar-refractivity contribution >= 4 is 35.9 Å². The second kappa shape index (κ2) is 8.62. The van der Waals surface area contributed by atoms with Gasteiger partial charge in [0.1, 0.15) is 3.74 Å². The van der Waals surface area contributed by atoms with Crippen LogP contribution in [0.1, 0.15) is 11.1 Å². The first-order valence-corrected chi connectivity index (χ1v) is 11.7. The lowest BCUT2D eigenvalue weighted by atomic mass is 10.0. The highest BCUT2D eigenvalue weighted by molar-refractivity contribution is 8.85. The highest BCUT2D eigenvalue weighted by atomic mass is 35.7. The van der Waals surface area contributed by atoms with Crippen molar-refractivity contribution in [1.82, 2.24) is 4.90 Å². The zero-order valence-electron chi connectivity index (χ0n) is 14.7. The van der Waals surface area contributed by atoms with Crippen molar-refractivity contribution in [3.05, 3.63) is 84.1 Å². The average molecular weight is 424 g/mol. The van der Waals surface area contributed by atoms with Gasteiger partial charge in [0.2, 0.25) is 0 Å². The Hall–Kier alpha value is -1.58. The molecule has 8 heteroatoms. The molecule has 0 saturated carbocycles. The maximum Gasteiger partial charge on any atom is 0.180 e. The van der Waals surface area contributed by atoms with E-state index in [1.54, 1.807) is 0 Å². The Morgan fingerprint density at radius 2 is 1.59 bits per heavy atom. The highest BCUT2D eigenvalue weighted by Crippen LogP contribution is 2.52. The maximum absolute atomic E-state index is 11.3. The number of hydrogen-bond acceptors (Lipinski definition) is 6. The maximum atomic E-state index is 11.3. The predicted molar refractivity (Wildman–Crippen MR) is 104 cm³/mol. The lowest BCUT2D eigenvalue weighted by Gasteiger charge is -2.15. The minimum Gasteiger partial charge on any atom is -0.383 e. The fourth-order valence-corrected chi connectivity index (χ4v) is 7.12. The zero-order chi connectivity index (χ0) is 19.4. The molecule has 1 aliphatic rings. The van der Waals surface area contributed by atoms with E-state index in [-0.39, 0.29) is 0 Å². The number of nitrogens with zero attached hydrogens (tertiary/aromatic N) is 1. The zero-order valence-corrected chi connectivity index (χ0v) is 17.1. The summed E-state index contributed by atoms with van der Waals surface area (Å²) in [6.07, 6.45) is 3.79. The average Bonchev–Trinajstić information content (AvgIpc) is 3.03. The first-order chi connectivity index (χ1) is 12.8. The van der Waals surface area contributed by atoms with Gasteiger partial charge >= 0.3 is 0 Å². The standard InChI is InChI=1S/C19H18ClNO4S2/c1-21(2)14-17(15-9-5-3-6-10-15)19-13-18(16-11-7-4-8-12-16)26-27(19)25-20(22,23)24/h3-14H,1-2H3/b17-14+. The van der Waals surface area contributed by atoms with Crippen molar-refractivity contribution < 1.29 is 28.0 Å². The van der Waals surface area contributed by atoms with Gasteiger partial charge in [-0.2, -0.15) is 14.0 Å². The largest absolute Gasteiger partial charge is 0.383 e. The summed E-state index contributed by atoms with van der Waals surface area (Å²) in [7, 11) is -0.827. The van der Waals surface area contributed by atoms with Gasteiger partial charge in [-0.05, 0) is 28.0 Å². The molecular formula is C19H18ClNO4S2. The normalized spacial score (nSPS) is 17.8. The summed E-state index contributed by atoms with van der Waals surface area (Å²) in [5.41, 5.74) is 2.66. The topological polar surface area (TPSA) is 81.7 Å². The third-order valence-corrected chi connectivity index (χ3v) is 7.99. The van der Waals surface area contributed by atoms with Crippen LogP contribution in [-0.2, 0) is 3.74 Å². The summed E-state index contributed by atoms with van der Waals surface area (Å²) in [6, 6.07) is 19.2. The van der Waals surface area contributed by atoms with Gasteiger partial charge in [-0.15, -0.1) is 0 Å². The number of halogens is 1. The summed E-state index contributed by atoms with van der Waals surface area (Å²) < 4.78 is 38.7. The molecule has 0 bridgehead atoms.